The molecule has 1 atom stereocenters. The fraction of sp³-hybridized carbons (Fsp3) is 0.750. The lowest BCUT2D eigenvalue weighted by atomic mass is 10.3. The molecule has 0 aromatic carbocycles. The molecule has 0 aromatic heterocycles. The number of hydrogen-bond donors (Lipinski definition) is 0. The van der Waals surface area contributed by atoms with Crippen LogP contribution in [0.5, 0.6) is 0 Å². The number of hydrogen-bond acceptors (Lipinski definition) is 1. The molecule has 0 bridgehead atoms. The molecule has 0 fully saturated rings. The first-order chi connectivity index (χ1) is 3.18. The van der Waals surface area contributed by atoms with E-state index >= 15 is 0 Å². The van der Waals surface area contributed by atoms with Crippen LogP contribution in [0.3, 0.4) is 0 Å². The third-order valence-corrected chi connectivity index (χ3v) is 1.64. The largest absolute Gasteiger partial charge is 0.369 e. The van der Waals surface area contributed by atoms with Crippen molar-refractivity contribution in [1.29, 1.82) is 0 Å². The molecule has 41 valence electrons. The maximum absolute atomic E-state index is 9.77. The van der Waals surface area contributed by atoms with Crippen LogP contribution < -0.4 is 0 Å². The van der Waals surface area contributed by atoms with Gasteiger partial charge in [-0.2, -0.15) is 0 Å². The molecule has 7 heavy (non-hydrogen) atoms. The van der Waals surface area contributed by atoms with Crippen molar-refractivity contribution in [3.05, 3.63) is 0 Å². The Bertz CT molecular complexity index is 72.1. The molecular formula is C4H6BrO2. The van der Waals surface area contributed by atoms with Crippen LogP contribution in [0.4, 0.5) is 0 Å². The first kappa shape index (κ1) is 6.95. The highest BCUT2D eigenvalue weighted by Crippen LogP contribution is 2.02. The summed E-state index contributed by atoms with van der Waals surface area (Å²) in [6.45, 7) is 1.77. The predicted octanol–water partition coefficient (Wildman–Crippen LogP) is 1.12. The van der Waals surface area contributed by atoms with Gasteiger partial charge in [0.2, 0.25) is 0 Å². The van der Waals surface area contributed by atoms with E-state index in [4.69, 9.17) is 0 Å². The standard InChI is InChI=1S/C4H6BrO2/c1-2-3(5)4(6)7/h3H,2H2,1H3. The monoisotopic (exact) mass is 165 g/mol. The van der Waals surface area contributed by atoms with E-state index in [1.54, 1.807) is 6.92 Å². The molecule has 3 heteroatoms. The van der Waals surface area contributed by atoms with Crippen molar-refractivity contribution in [3.8, 4) is 0 Å². The molecule has 2 nitrogen and oxygen atoms in total. The van der Waals surface area contributed by atoms with Crippen molar-refractivity contribution in [2.75, 3.05) is 0 Å². The van der Waals surface area contributed by atoms with Gasteiger partial charge in [-0.05, 0) is 6.42 Å². The third-order valence-electron chi connectivity index (χ3n) is 0.614. The normalized spacial score (nSPS) is 13.4. The first-order valence-electron chi connectivity index (χ1n) is 2.03. The second kappa shape index (κ2) is 3.02. The smallest absolute Gasteiger partial charge is 0.246 e. The summed E-state index contributed by atoms with van der Waals surface area (Å²) in [4.78, 5) is 9.29. The summed E-state index contributed by atoms with van der Waals surface area (Å²) in [5, 5.41) is 9.77. The van der Waals surface area contributed by atoms with Crippen LogP contribution in [-0.4, -0.2) is 10.8 Å². The molecule has 0 N–H and O–H groups in total. The quantitative estimate of drug-likeness (QED) is 0.566. The zero-order valence-corrected chi connectivity index (χ0v) is 5.56. The molecule has 0 amide bonds. The summed E-state index contributed by atoms with van der Waals surface area (Å²) in [5.74, 6) is -1.04. The molecule has 0 spiro atoms. The molecule has 0 aliphatic rings. The van der Waals surface area contributed by atoms with Crippen molar-refractivity contribution in [2.45, 2.75) is 18.2 Å². The van der Waals surface area contributed by atoms with E-state index < -0.39 is 10.8 Å². The van der Waals surface area contributed by atoms with Gasteiger partial charge in [-0.25, -0.2) is 9.90 Å². The molecule has 0 heterocycles. The van der Waals surface area contributed by atoms with Crippen LogP contribution in [0.2, 0.25) is 0 Å². The molecule has 0 aliphatic heterocycles. The molecule has 0 aliphatic carbocycles. The lowest BCUT2D eigenvalue weighted by Crippen LogP contribution is -2.08. The second-order valence-corrected chi connectivity index (χ2v) is 2.30. The van der Waals surface area contributed by atoms with Gasteiger partial charge in [-0.3, -0.25) is 0 Å². The second-order valence-electron chi connectivity index (χ2n) is 1.19. The van der Waals surface area contributed by atoms with E-state index in [1.165, 1.54) is 0 Å². The van der Waals surface area contributed by atoms with Gasteiger partial charge < -0.3 is 0 Å². The highest BCUT2D eigenvalue weighted by Gasteiger charge is 2.10. The molecule has 0 saturated heterocycles. The molecular weight excluding hydrogens is 160 g/mol. The maximum Gasteiger partial charge on any atom is 0.369 e. The van der Waals surface area contributed by atoms with Crippen molar-refractivity contribution in [2.24, 2.45) is 0 Å². The van der Waals surface area contributed by atoms with E-state index in [0.717, 1.165) is 0 Å². The Morgan fingerprint density at radius 3 is 2.29 bits per heavy atom. The van der Waals surface area contributed by atoms with Crippen LogP contribution in [0.25, 0.3) is 0 Å². The third kappa shape index (κ3) is 2.62. The first-order valence-corrected chi connectivity index (χ1v) is 2.95. The Hall–Kier alpha value is -0.0500. The van der Waals surface area contributed by atoms with E-state index in [2.05, 4.69) is 15.9 Å². The summed E-state index contributed by atoms with van der Waals surface area (Å²) < 4.78 is 0. The summed E-state index contributed by atoms with van der Waals surface area (Å²) in [6, 6.07) is 0. The summed E-state index contributed by atoms with van der Waals surface area (Å²) in [5.41, 5.74) is 0. The number of rotatable bonds is 2. The molecule has 0 saturated carbocycles. The number of carbonyl (C=O) groups excluding carboxylic acids is 1. The minimum atomic E-state index is -1.04. The highest BCUT2D eigenvalue weighted by atomic mass is 79.9. The molecule has 0 rings (SSSR count). The van der Waals surface area contributed by atoms with Crippen LogP contribution in [-0.2, 0) is 9.90 Å². The van der Waals surface area contributed by atoms with Crippen molar-refractivity contribution in [3.63, 3.8) is 0 Å². The van der Waals surface area contributed by atoms with Crippen LogP contribution >= 0.6 is 15.9 Å². The lowest BCUT2D eigenvalue weighted by Gasteiger charge is -1.91. The van der Waals surface area contributed by atoms with Gasteiger partial charge in [0.25, 0.3) is 0 Å². The van der Waals surface area contributed by atoms with E-state index in [0.29, 0.717) is 6.42 Å². The van der Waals surface area contributed by atoms with Crippen LogP contribution in [0.1, 0.15) is 13.3 Å². The van der Waals surface area contributed by atoms with Gasteiger partial charge in [0, 0.05) is 0 Å². The van der Waals surface area contributed by atoms with E-state index in [1.807, 2.05) is 0 Å². The topological polar surface area (TPSA) is 37.0 Å². The zero-order chi connectivity index (χ0) is 5.86. The maximum atomic E-state index is 9.77. The van der Waals surface area contributed by atoms with E-state index in [-0.39, 0.29) is 0 Å². The molecule has 0 aromatic rings. The molecule has 1 radical (unpaired) electrons. The summed E-state index contributed by atoms with van der Waals surface area (Å²) >= 11 is 2.88. The van der Waals surface area contributed by atoms with Crippen molar-refractivity contribution in [1.82, 2.24) is 0 Å². The zero-order valence-electron chi connectivity index (χ0n) is 3.98. The molecule has 1 unspecified atom stereocenters. The van der Waals surface area contributed by atoms with Gasteiger partial charge in [-0.15, -0.1) is 0 Å². The summed E-state index contributed by atoms with van der Waals surface area (Å²) in [6.07, 6.45) is 0.572. The van der Waals surface area contributed by atoms with Gasteiger partial charge in [-0.1, -0.05) is 22.9 Å². The van der Waals surface area contributed by atoms with Crippen molar-refractivity contribution < 1.29 is 9.90 Å². The average molecular weight is 166 g/mol. The van der Waals surface area contributed by atoms with Gasteiger partial charge in [0.15, 0.2) is 0 Å². The fourth-order valence-corrected chi connectivity index (χ4v) is 0.167. The number of alkyl halides is 1. The van der Waals surface area contributed by atoms with Gasteiger partial charge in [0.1, 0.15) is 4.83 Å². The fourth-order valence-electron chi connectivity index (χ4n) is 0.167. The average Bonchev–Trinajstić information content (AvgIpc) is 1.65. The number of carbonyl (C=O) groups is 1. The SMILES string of the molecule is CCC(Br)C([O])=O. The van der Waals surface area contributed by atoms with Crippen LogP contribution in [0, 0.1) is 0 Å². The Labute approximate surface area is 50.7 Å². The summed E-state index contributed by atoms with van der Waals surface area (Å²) in [7, 11) is 0. The Morgan fingerprint density at radius 1 is 1.86 bits per heavy atom. The Kier molecular flexibility index (Phi) is 3.00. The van der Waals surface area contributed by atoms with Crippen LogP contribution in [0.15, 0.2) is 0 Å². The minimum Gasteiger partial charge on any atom is -0.246 e. The van der Waals surface area contributed by atoms with Gasteiger partial charge >= 0.3 is 5.97 Å². The predicted molar refractivity (Wildman–Crippen MR) is 28.7 cm³/mol. The lowest BCUT2D eigenvalue weighted by molar-refractivity contribution is -0.142. The Morgan fingerprint density at radius 2 is 2.29 bits per heavy atom. The number of halogens is 1. The Balaban J connectivity index is 3.34. The van der Waals surface area contributed by atoms with Crippen molar-refractivity contribution >= 4 is 21.9 Å². The highest BCUT2D eigenvalue weighted by molar-refractivity contribution is 9.10. The van der Waals surface area contributed by atoms with E-state index in [9.17, 15) is 9.90 Å². The van der Waals surface area contributed by atoms with Gasteiger partial charge in [0.05, 0.1) is 0 Å². The minimum absolute atomic E-state index is 0.479.